The molecule has 6 nitrogen and oxygen atoms in total. The summed E-state index contributed by atoms with van der Waals surface area (Å²) in [5, 5.41) is 5.91. The fraction of sp³-hybridized carbons (Fsp3) is 0.250. The van der Waals surface area contributed by atoms with Gasteiger partial charge in [0, 0.05) is 0 Å². The second-order valence-electron chi connectivity index (χ2n) is 9.01. The molecule has 3 aromatic rings. The van der Waals surface area contributed by atoms with E-state index in [0.29, 0.717) is 6.42 Å². The first-order valence-electron chi connectivity index (χ1n) is 11.5. The molecule has 1 atom stereocenters. The van der Waals surface area contributed by atoms with Crippen molar-refractivity contribution < 1.29 is 14.4 Å². The smallest absolute Gasteiger partial charge is 0.325 e. The first kappa shape index (κ1) is 23.2. The SMILES string of the molecule is CC(C)C[C@@]1(c2ccccc2)NC(=O)N(CC(=O)NC(c2ccccc2)c2ccccc2)C1=O. The number of urea groups is 1. The van der Waals surface area contributed by atoms with Crippen LogP contribution in [0.3, 0.4) is 0 Å². The van der Waals surface area contributed by atoms with Crippen LogP contribution in [0.1, 0.15) is 43.0 Å². The number of nitrogens with one attached hydrogen (secondary N) is 2. The molecule has 0 spiro atoms. The molecule has 0 saturated carbocycles. The van der Waals surface area contributed by atoms with Crippen molar-refractivity contribution in [3.63, 3.8) is 0 Å². The van der Waals surface area contributed by atoms with E-state index in [9.17, 15) is 14.4 Å². The fourth-order valence-corrected chi connectivity index (χ4v) is 4.56. The summed E-state index contributed by atoms with van der Waals surface area (Å²) in [4.78, 5) is 40.7. The highest BCUT2D eigenvalue weighted by molar-refractivity contribution is 6.09. The van der Waals surface area contributed by atoms with Crippen LogP contribution in [0.25, 0.3) is 0 Å². The average molecular weight is 456 g/mol. The first-order chi connectivity index (χ1) is 16.4. The van der Waals surface area contributed by atoms with Crippen molar-refractivity contribution in [2.45, 2.75) is 31.8 Å². The Hall–Kier alpha value is -3.93. The van der Waals surface area contributed by atoms with Gasteiger partial charge in [0.2, 0.25) is 5.91 Å². The van der Waals surface area contributed by atoms with E-state index < -0.39 is 29.4 Å². The minimum atomic E-state index is -1.18. The molecule has 0 radical (unpaired) electrons. The Bertz CT molecular complexity index is 1110. The number of hydrogen-bond donors (Lipinski definition) is 2. The number of carbonyl (C=O) groups excluding carboxylic acids is 3. The highest BCUT2D eigenvalue weighted by Crippen LogP contribution is 2.35. The van der Waals surface area contributed by atoms with Crippen LogP contribution in [0, 0.1) is 5.92 Å². The number of nitrogens with zero attached hydrogens (tertiary/aromatic N) is 1. The predicted octanol–water partition coefficient (Wildman–Crippen LogP) is 4.39. The van der Waals surface area contributed by atoms with E-state index in [1.54, 1.807) is 0 Å². The average Bonchev–Trinajstić information content (AvgIpc) is 3.08. The second kappa shape index (κ2) is 9.91. The molecule has 3 aromatic carbocycles. The van der Waals surface area contributed by atoms with E-state index in [-0.39, 0.29) is 12.5 Å². The fourth-order valence-electron chi connectivity index (χ4n) is 4.56. The van der Waals surface area contributed by atoms with Gasteiger partial charge in [-0.2, -0.15) is 0 Å². The maximum atomic E-state index is 13.6. The van der Waals surface area contributed by atoms with E-state index in [1.165, 1.54) is 0 Å². The van der Waals surface area contributed by atoms with Crippen molar-refractivity contribution in [2.75, 3.05) is 6.54 Å². The maximum Gasteiger partial charge on any atom is 0.325 e. The van der Waals surface area contributed by atoms with Crippen LogP contribution in [-0.2, 0) is 15.1 Å². The molecule has 6 heteroatoms. The van der Waals surface area contributed by atoms with Gasteiger partial charge in [0.1, 0.15) is 12.1 Å². The molecule has 4 amide bonds. The van der Waals surface area contributed by atoms with Crippen molar-refractivity contribution in [3.05, 3.63) is 108 Å². The van der Waals surface area contributed by atoms with Crippen LogP contribution < -0.4 is 10.6 Å². The van der Waals surface area contributed by atoms with Crippen LogP contribution in [0.15, 0.2) is 91.0 Å². The van der Waals surface area contributed by atoms with Crippen molar-refractivity contribution in [3.8, 4) is 0 Å². The normalized spacial score (nSPS) is 17.8. The van der Waals surface area contributed by atoms with Crippen LogP contribution in [0.5, 0.6) is 0 Å². The zero-order valence-corrected chi connectivity index (χ0v) is 19.4. The third kappa shape index (κ3) is 4.71. The van der Waals surface area contributed by atoms with Crippen molar-refractivity contribution in [1.29, 1.82) is 0 Å². The highest BCUT2D eigenvalue weighted by atomic mass is 16.2. The minimum absolute atomic E-state index is 0.152. The monoisotopic (exact) mass is 455 g/mol. The first-order valence-corrected chi connectivity index (χ1v) is 11.5. The number of benzene rings is 3. The molecule has 1 aliphatic rings. The van der Waals surface area contributed by atoms with Gasteiger partial charge in [-0.25, -0.2) is 4.79 Å². The quantitative estimate of drug-likeness (QED) is 0.495. The molecule has 0 bridgehead atoms. The van der Waals surface area contributed by atoms with Crippen molar-refractivity contribution >= 4 is 17.8 Å². The van der Waals surface area contributed by atoms with Gasteiger partial charge < -0.3 is 10.6 Å². The molecule has 4 rings (SSSR count). The second-order valence-corrected chi connectivity index (χ2v) is 9.01. The standard InChI is InChI=1S/C28H29N3O3/c1-20(2)18-28(23-16-10-5-11-17-23)26(33)31(27(34)30-28)19-24(32)29-25(21-12-6-3-7-13-21)22-14-8-4-9-15-22/h3-17,20,25H,18-19H2,1-2H3,(H,29,32)(H,30,34)/t28-/m0/s1. The summed E-state index contributed by atoms with van der Waals surface area (Å²) in [6.07, 6.45) is 0.441. The molecule has 174 valence electrons. The Labute approximate surface area is 200 Å². The topological polar surface area (TPSA) is 78.5 Å². The van der Waals surface area contributed by atoms with E-state index in [1.807, 2.05) is 105 Å². The zero-order chi connectivity index (χ0) is 24.1. The Morgan fingerprint density at radius 2 is 1.35 bits per heavy atom. The lowest BCUT2D eigenvalue weighted by Gasteiger charge is -2.29. The molecule has 2 N–H and O–H groups in total. The molecular weight excluding hydrogens is 426 g/mol. The maximum absolute atomic E-state index is 13.6. The van der Waals surface area contributed by atoms with Gasteiger partial charge in [0.05, 0.1) is 6.04 Å². The predicted molar refractivity (Wildman–Crippen MR) is 131 cm³/mol. The molecular formula is C28H29N3O3. The summed E-state index contributed by atoms with van der Waals surface area (Å²) >= 11 is 0. The van der Waals surface area contributed by atoms with Crippen LogP contribution in [-0.4, -0.2) is 29.3 Å². The Kier molecular flexibility index (Phi) is 6.77. The minimum Gasteiger partial charge on any atom is -0.344 e. The van der Waals surface area contributed by atoms with Gasteiger partial charge >= 0.3 is 6.03 Å². The molecule has 1 aliphatic heterocycles. The van der Waals surface area contributed by atoms with Crippen LogP contribution in [0.2, 0.25) is 0 Å². The van der Waals surface area contributed by atoms with Gasteiger partial charge in [0.25, 0.3) is 5.91 Å². The third-order valence-corrected chi connectivity index (χ3v) is 6.03. The van der Waals surface area contributed by atoms with E-state index in [4.69, 9.17) is 0 Å². The molecule has 1 heterocycles. The van der Waals surface area contributed by atoms with Gasteiger partial charge in [-0.3, -0.25) is 14.5 Å². The van der Waals surface area contributed by atoms with Gasteiger partial charge in [0.15, 0.2) is 0 Å². The number of hydrogen-bond acceptors (Lipinski definition) is 3. The molecule has 34 heavy (non-hydrogen) atoms. The van der Waals surface area contributed by atoms with Crippen LogP contribution >= 0.6 is 0 Å². The molecule has 1 saturated heterocycles. The lowest BCUT2D eigenvalue weighted by atomic mass is 9.82. The lowest BCUT2D eigenvalue weighted by Crippen LogP contribution is -2.46. The van der Waals surface area contributed by atoms with Crippen molar-refractivity contribution in [1.82, 2.24) is 15.5 Å². The summed E-state index contributed by atoms with van der Waals surface area (Å²) in [7, 11) is 0. The van der Waals surface area contributed by atoms with E-state index >= 15 is 0 Å². The van der Waals surface area contributed by atoms with Crippen molar-refractivity contribution in [2.24, 2.45) is 5.92 Å². The number of carbonyl (C=O) groups is 3. The summed E-state index contributed by atoms with van der Waals surface area (Å²) in [5.74, 6) is -0.656. The Morgan fingerprint density at radius 3 is 1.85 bits per heavy atom. The van der Waals surface area contributed by atoms with Crippen LogP contribution in [0.4, 0.5) is 4.79 Å². The molecule has 0 unspecified atom stereocenters. The Balaban J connectivity index is 1.57. The largest absolute Gasteiger partial charge is 0.344 e. The summed E-state index contributed by atoms with van der Waals surface area (Å²) in [6.45, 7) is 3.65. The molecule has 0 aromatic heterocycles. The van der Waals surface area contributed by atoms with E-state index in [2.05, 4.69) is 10.6 Å². The van der Waals surface area contributed by atoms with Gasteiger partial charge in [-0.15, -0.1) is 0 Å². The number of amides is 4. The summed E-state index contributed by atoms with van der Waals surface area (Å²) in [6, 6.07) is 27.5. The Morgan fingerprint density at radius 1 is 0.853 bits per heavy atom. The van der Waals surface area contributed by atoms with E-state index in [0.717, 1.165) is 21.6 Å². The highest BCUT2D eigenvalue weighted by Gasteiger charge is 2.52. The summed E-state index contributed by atoms with van der Waals surface area (Å²) in [5.41, 5.74) is 1.37. The molecule has 0 aliphatic carbocycles. The molecule has 1 fully saturated rings. The third-order valence-electron chi connectivity index (χ3n) is 6.03. The number of rotatable bonds is 8. The zero-order valence-electron chi connectivity index (χ0n) is 19.4. The van der Waals surface area contributed by atoms with Gasteiger partial charge in [-0.1, -0.05) is 105 Å². The number of imide groups is 1. The van der Waals surface area contributed by atoms with Gasteiger partial charge in [-0.05, 0) is 29.0 Å². The summed E-state index contributed by atoms with van der Waals surface area (Å²) < 4.78 is 0. The lowest BCUT2D eigenvalue weighted by molar-refractivity contribution is -0.135.